The van der Waals surface area contributed by atoms with Crippen molar-refractivity contribution in [3.63, 3.8) is 0 Å². The molecule has 0 unspecified atom stereocenters. The van der Waals surface area contributed by atoms with E-state index in [4.69, 9.17) is 28.3 Å². The fourth-order valence-electron chi connectivity index (χ4n) is 2.44. The van der Waals surface area contributed by atoms with Crippen LogP contribution in [0.4, 0.5) is 0 Å². The molecule has 0 aromatic carbocycles. The van der Waals surface area contributed by atoms with E-state index in [1.54, 1.807) is 0 Å². The molecule has 0 saturated carbocycles. The lowest BCUT2D eigenvalue weighted by Gasteiger charge is -2.21. The van der Waals surface area contributed by atoms with Crippen LogP contribution in [0.15, 0.2) is 6.07 Å². The van der Waals surface area contributed by atoms with E-state index in [0.717, 1.165) is 12.0 Å². The lowest BCUT2D eigenvalue weighted by molar-refractivity contribution is -0.148. The zero-order valence-electron chi connectivity index (χ0n) is 10.8. The predicted octanol–water partition coefficient (Wildman–Crippen LogP) is 3.45. The molecular formula is C13H15Cl2NO3S. The summed E-state index contributed by atoms with van der Waals surface area (Å²) in [6.45, 7) is 0.542. The van der Waals surface area contributed by atoms with E-state index in [0.29, 0.717) is 40.9 Å². The van der Waals surface area contributed by atoms with Crippen molar-refractivity contribution in [2.75, 3.05) is 6.54 Å². The Morgan fingerprint density at radius 3 is 2.80 bits per heavy atom. The standard InChI is InChI=1S/C13H15Cl2NO3S/c14-10-7-8(12(15)20-10)3-1-5-11(17)16-6-2-4-9(16)13(18)19/h7,9H,1-6H2,(H,18,19)/t9-/m1/s1. The molecule has 1 aliphatic rings. The van der Waals surface area contributed by atoms with Gasteiger partial charge in [-0.05, 0) is 37.3 Å². The summed E-state index contributed by atoms with van der Waals surface area (Å²) in [5, 5.41) is 9.05. The van der Waals surface area contributed by atoms with Crippen molar-refractivity contribution in [3.05, 3.63) is 20.3 Å². The third-order valence-electron chi connectivity index (χ3n) is 3.42. The molecule has 20 heavy (non-hydrogen) atoms. The number of halogens is 2. The molecule has 110 valence electrons. The van der Waals surface area contributed by atoms with Gasteiger partial charge in [0.15, 0.2) is 0 Å². The minimum absolute atomic E-state index is 0.0904. The van der Waals surface area contributed by atoms with Gasteiger partial charge in [-0.1, -0.05) is 23.2 Å². The van der Waals surface area contributed by atoms with Gasteiger partial charge >= 0.3 is 5.97 Å². The second-order valence-corrected chi connectivity index (χ2v) is 7.07. The molecule has 0 aliphatic carbocycles. The fraction of sp³-hybridized carbons (Fsp3) is 0.538. The third-order valence-corrected chi connectivity index (χ3v) is 4.99. The van der Waals surface area contributed by atoms with Gasteiger partial charge in [-0.25, -0.2) is 4.79 Å². The quantitative estimate of drug-likeness (QED) is 0.896. The summed E-state index contributed by atoms with van der Waals surface area (Å²) in [4.78, 5) is 24.6. The van der Waals surface area contributed by atoms with Crippen molar-refractivity contribution in [2.24, 2.45) is 0 Å². The van der Waals surface area contributed by atoms with Gasteiger partial charge in [-0.15, -0.1) is 11.3 Å². The van der Waals surface area contributed by atoms with E-state index in [9.17, 15) is 9.59 Å². The number of aryl methyl sites for hydroxylation is 1. The Balaban J connectivity index is 1.83. The van der Waals surface area contributed by atoms with Gasteiger partial charge < -0.3 is 10.0 Å². The number of likely N-dealkylation sites (tertiary alicyclic amines) is 1. The SMILES string of the molecule is O=C(O)[C@H]1CCCN1C(=O)CCCc1cc(Cl)sc1Cl. The summed E-state index contributed by atoms with van der Waals surface area (Å²) in [5.74, 6) is -1.00. The van der Waals surface area contributed by atoms with Gasteiger partial charge in [0, 0.05) is 13.0 Å². The van der Waals surface area contributed by atoms with Crippen LogP contribution in [0, 0.1) is 0 Å². The van der Waals surface area contributed by atoms with Crippen LogP contribution in [0.1, 0.15) is 31.2 Å². The minimum atomic E-state index is -0.913. The zero-order chi connectivity index (χ0) is 14.7. The number of hydrogen-bond donors (Lipinski definition) is 1. The van der Waals surface area contributed by atoms with E-state index >= 15 is 0 Å². The molecule has 1 aromatic rings. The molecule has 0 spiro atoms. The van der Waals surface area contributed by atoms with Crippen LogP contribution in [0.2, 0.25) is 8.67 Å². The third kappa shape index (κ3) is 3.65. The maximum absolute atomic E-state index is 12.0. The van der Waals surface area contributed by atoms with Crippen molar-refractivity contribution in [1.82, 2.24) is 4.90 Å². The monoisotopic (exact) mass is 335 g/mol. The molecule has 2 heterocycles. The van der Waals surface area contributed by atoms with Gasteiger partial charge in [0.25, 0.3) is 0 Å². The highest BCUT2D eigenvalue weighted by Gasteiger charge is 2.33. The Bertz CT molecular complexity index is 518. The molecule has 1 aliphatic heterocycles. The lowest BCUT2D eigenvalue weighted by atomic mass is 10.1. The van der Waals surface area contributed by atoms with E-state index in [2.05, 4.69) is 0 Å². The number of aliphatic carboxylic acids is 1. The van der Waals surface area contributed by atoms with Crippen LogP contribution in [0.5, 0.6) is 0 Å². The van der Waals surface area contributed by atoms with Crippen LogP contribution in [0.3, 0.4) is 0 Å². The van der Waals surface area contributed by atoms with Crippen LogP contribution >= 0.6 is 34.5 Å². The second-order valence-electron chi connectivity index (χ2n) is 4.79. The lowest BCUT2D eigenvalue weighted by Crippen LogP contribution is -2.40. The number of carboxylic acid groups (broad SMARTS) is 1. The van der Waals surface area contributed by atoms with E-state index in [1.807, 2.05) is 6.07 Å². The molecule has 1 aromatic heterocycles. The molecule has 2 rings (SSSR count). The number of rotatable bonds is 5. The number of carbonyl (C=O) groups excluding carboxylic acids is 1. The second kappa shape index (κ2) is 6.78. The van der Waals surface area contributed by atoms with Gasteiger partial charge in [0.2, 0.25) is 5.91 Å². The average Bonchev–Trinajstić information content (AvgIpc) is 2.96. The Hall–Kier alpha value is -0.780. The van der Waals surface area contributed by atoms with Gasteiger partial charge in [0.05, 0.1) is 8.67 Å². The number of thiophene rings is 1. The number of hydrogen-bond acceptors (Lipinski definition) is 3. The molecule has 0 radical (unpaired) electrons. The molecule has 1 amide bonds. The molecule has 1 fully saturated rings. The molecule has 1 atom stereocenters. The summed E-state index contributed by atoms with van der Waals surface area (Å²) >= 11 is 13.2. The van der Waals surface area contributed by atoms with Crippen molar-refractivity contribution in [1.29, 1.82) is 0 Å². The number of nitrogens with zero attached hydrogens (tertiary/aromatic N) is 1. The topological polar surface area (TPSA) is 57.6 Å². The summed E-state index contributed by atoms with van der Waals surface area (Å²) < 4.78 is 1.30. The van der Waals surface area contributed by atoms with Crippen LogP contribution < -0.4 is 0 Å². The smallest absolute Gasteiger partial charge is 0.326 e. The Morgan fingerprint density at radius 2 is 2.20 bits per heavy atom. The predicted molar refractivity (Wildman–Crippen MR) is 79.6 cm³/mol. The van der Waals surface area contributed by atoms with Gasteiger partial charge in [-0.2, -0.15) is 0 Å². The van der Waals surface area contributed by atoms with Crippen molar-refractivity contribution < 1.29 is 14.7 Å². The largest absolute Gasteiger partial charge is 0.480 e. The zero-order valence-corrected chi connectivity index (χ0v) is 13.1. The summed E-state index contributed by atoms with van der Waals surface area (Å²) in [6.07, 6.45) is 2.98. The van der Waals surface area contributed by atoms with Crippen molar-refractivity contribution in [3.8, 4) is 0 Å². The first-order chi connectivity index (χ1) is 9.49. The van der Waals surface area contributed by atoms with Crippen molar-refractivity contribution >= 4 is 46.4 Å². The number of carbonyl (C=O) groups is 2. The van der Waals surface area contributed by atoms with Gasteiger partial charge in [-0.3, -0.25) is 4.79 Å². The Labute approximate surface area is 131 Å². The van der Waals surface area contributed by atoms with Crippen LogP contribution in [-0.4, -0.2) is 34.5 Å². The highest BCUT2D eigenvalue weighted by atomic mass is 35.5. The summed E-state index contributed by atoms with van der Waals surface area (Å²) in [5.41, 5.74) is 0.950. The normalized spacial score (nSPS) is 18.5. The van der Waals surface area contributed by atoms with Crippen LogP contribution in [0.25, 0.3) is 0 Å². The molecular weight excluding hydrogens is 321 g/mol. The Morgan fingerprint density at radius 1 is 1.45 bits per heavy atom. The van der Waals surface area contributed by atoms with Crippen LogP contribution in [-0.2, 0) is 16.0 Å². The first-order valence-corrected chi connectivity index (χ1v) is 8.02. The summed E-state index contributed by atoms with van der Waals surface area (Å²) in [7, 11) is 0. The molecule has 7 heteroatoms. The highest BCUT2D eigenvalue weighted by Crippen LogP contribution is 2.32. The molecule has 1 saturated heterocycles. The molecule has 0 bridgehead atoms. The first kappa shape index (κ1) is 15.6. The number of amides is 1. The highest BCUT2D eigenvalue weighted by molar-refractivity contribution is 7.20. The average molecular weight is 336 g/mol. The maximum Gasteiger partial charge on any atom is 0.326 e. The minimum Gasteiger partial charge on any atom is -0.480 e. The van der Waals surface area contributed by atoms with Crippen molar-refractivity contribution in [2.45, 2.75) is 38.1 Å². The van der Waals surface area contributed by atoms with E-state index in [1.165, 1.54) is 16.2 Å². The first-order valence-electron chi connectivity index (χ1n) is 6.45. The Kier molecular flexibility index (Phi) is 5.29. The summed E-state index contributed by atoms with van der Waals surface area (Å²) in [6, 6.07) is 1.16. The van der Waals surface area contributed by atoms with E-state index in [-0.39, 0.29) is 5.91 Å². The fourth-order valence-corrected chi connectivity index (χ4v) is 3.98. The molecule has 4 nitrogen and oxygen atoms in total. The maximum atomic E-state index is 12.0. The van der Waals surface area contributed by atoms with E-state index < -0.39 is 12.0 Å². The number of carboxylic acids is 1. The van der Waals surface area contributed by atoms with Gasteiger partial charge in [0.1, 0.15) is 6.04 Å². The molecule has 1 N–H and O–H groups in total.